The first kappa shape index (κ1) is 18.7. The van der Waals surface area contributed by atoms with Crippen molar-refractivity contribution in [2.24, 2.45) is 0 Å². The van der Waals surface area contributed by atoms with E-state index in [0.29, 0.717) is 24.3 Å². The highest BCUT2D eigenvalue weighted by molar-refractivity contribution is 5.93. The number of rotatable bonds is 6. The van der Waals surface area contributed by atoms with Gasteiger partial charge in [-0.15, -0.1) is 5.10 Å². The standard InChI is InChI=1S/C21H20FN5O2/c1-13-20(25-26-27(13)16-5-3-15(22)4-6-16)21(28)23-10-9-14-12-24-19-11-17(29-2)7-8-18(14)19/h3-8,11-12,24H,9-10H2,1-2H3,(H,23,28). The summed E-state index contributed by atoms with van der Waals surface area (Å²) < 4.78 is 19.9. The van der Waals surface area contributed by atoms with Gasteiger partial charge in [0, 0.05) is 29.7 Å². The van der Waals surface area contributed by atoms with Crippen molar-refractivity contribution in [1.29, 1.82) is 0 Å². The maximum Gasteiger partial charge on any atom is 0.273 e. The Morgan fingerprint density at radius 1 is 1.24 bits per heavy atom. The minimum atomic E-state index is -0.333. The molecule has 0 unspecified atom stereocenters. The van der Waals surface area contributed by atoms with Crippen molar-refractivity contribution in [3.8, 4) is 11.4 Å². The van der Waals surface area contributed by atoms with Crippen molar-refractivity contribution in [3.63, 3.8) is 0 Å². The Hall–Kier alpha value is -3.68. The number of aromatic nitrogens is 4. The fourth-order valence-corrected chi connectivity index (χ4v) is 3.26. The summed E-state index contributed by atoms with van der Waals surface area (Å²) in [6.07, 6.45) is 2.61. The van der Waals surface area contributed by atoms with Gasteiger partial charge in [0.1, 0.15) is 11.6 Å². The molecule has 2 heterocycles. The zero-order chi connectivity index (χ0) is 20.4. The average Bonchev–Trinajstić information content (AvgIpc) is 3.31. The summed E-state index contributed by atoms with van der Waals surface area (Å²) >= 11 is 0. The highest BCUT2D eigenvalue weighted by atomic mass is 19.1. The molecule has 0 aliphatic rings. The van der Waals surface area contributed by atoms with Crippen molar-refractivity contribution >= 4 is 16.8 Å². The lowest BCUT2D eigenvalue weighted by atomic mass is 10.1. The van der Waals surface area contributed by atoms with Crippen LogP contribution in [0.25, 0.3) is 16.6 Å². The van der Waals surface area contributed by atoms with E-state index in [0.717, 1.165) is 22.2 Å². The summed E-state index contributed by atoms with van der Waals surface area (Å²) in [5.74, 6) is 0.163. The van der Waals surface area contributed by atoms with Crippen LogP contribution in [-0.2, 0) is 6.42 Å². The van der Waals surface area contributed by atoms with Gasteiger partial charge in [0.15, 0.2) is 5.69 Å². The van der Waals surface area contributed by atoms with Crippen LogP contribution in [0.15, 0.2) is 48.7 Å². The minimum absolute atomic E-state index is 0.248. The number of amides is 1. The number of hydrogen-bond acceptors (Lipinski definition) is 4. The van der Waals surface area contributed by atoms with Gasteiger partial charge in [-0.1, -0.05) is 5.21 Å². The molecule has 4 rings (SSSR count). The molecule has 29 heavy (non-hydrogen) atoms. The first-order valence-electron chi connectivity index (χ1n) is 9.17. The number of H-pyrrole nitrogens is 1. The van der Waals surface area contributed by atoms with Crippen LogP contribution in [0.3, 0.4) is 0 Å². The maximum absolute atomic E-state index is 13.1. The van der Waals surface area contributed by atoms with Gasteiger partial charge >= 0.3 is 0 Å². The van der Waals surface area contributed by atoms with Crippen molar-refractivity contribution < 1.29 is 13.9 Å². The van der Waals surface area contributed by atoms with E-state index in [9.17, 15) is 9.18 Å². The second kappa shape index (κ2) is 7.75. The SMILES string of the molecule is COc1ccc2c(CCNC(=O)c3nnn(-c4ccc(F)cc4)c3C)c[nH]c2c1. The molecule has 2 N–H and O–H groups in total. The molecule has 2 aromatic heterocycles. The molecule has 0 bridgehead atoms. The topological polar surface area (TPSA) is 84.8 Å². The summed E-state index contributed by atoms with van der Waals surface area (Å²) in [4.78, 5) is 15.8. The highest BCUT2D eigenvalue weighted by Gasteiger charge is 2.17. The molecule has 0 radical (unpaired) electrons. The van der Waals surface area contributed by atoms with Gasteiger partial charge in [0.25, 0.3) is 5.91 Å². The molecule has 0 spiro atoms. The number of ether oxygens (including phenoxy) is 1. The number of benzene rings is 2. The average molecular weight is 393 g/mol. The van der Waals surface area contributed by atoms with Crippen molar-refractivity contribution in [2.75, 3.05) is 13.7 Å². The highest BCUT2D eigenvalue weighted by Crippen LogP contribution is 2.23. The van der Waals surface area contributed by atoms with E-state index in [-0.39, 0.29) is 17.4 Å². The molecule has 148 valence electrons. The van der Waals surface area contributed by atoms with Gasteiger partial charge < -0.3 is 15.0 Å². The first-order valence-corrected chi connectivity index (χ1v) is 9.17. The van der Waals surface area contributed by atoms with E-state index in [2.05, 4.69) is 20.6 Å². The van der Waals surface area contributed by atoms with Gasteiger partial charge in [-0.2, -0.15) is 0 Å². The van der Waals surface area contributed by atoms with Crippen LogP contribution < -0.4 is 10.1 Å². The third kappa shape index (κ3) is 3.69. The molecular formula is C21H20FN5O2. The fraction of sp³-hybridized carbons (Fsp3) is 0.190. The molecule has 7 nitrogen and oxygen atoms in total. The van der Waals surface area contributed by atoms with Crippen LogP contribution >= 0.6 is 0 Å². The Kier molecular flexibility index (Phi) is 4.99. The van der Waals surface area contributed by atoms with E-state index in [1.807, 2.05) is 24.4 Å². The molecule has 0 atom stereocenters. The fourth-order valence-electron chi connectivity index (χ4n) is 3.26. The van der Waals surface area contributed by atoms with Gasteiger partial charge in [-0.05, 0) is 55.3 Å². The Morgan fingerprint density at radius 3 is 2.79 bits per heavy atom. The Labute approximate surface area is 166 Å². The van der Waals surface area contributed by atoms with E-state index >= 15 is 0 Å². The number of methoxy groups -OCH3 is 1. The van der Waals surface area contributed by atoms with Gasteiger partial charge in [0.05, 0.1) is 18.5 Å². The van der Waals surface area contributed by atoms with Crippen LogP contribution in [0.4, 0.5) is 4.39 Å². The van der Waals surface area contributed by atoms with Gasteiger partial charge in [-0.3, -0.25) is 4.79 Å². The van der Waals surface area contributed by atoms with Crippen LogP contribution in [-0.4, -0.2) is 39.5 Å². The van der Waals surface area contributed by atoms with Crippen LogP contribution in [0.1, 0.15) is 21.7 Å². The summed E-state index contributed by atoms with van der Waals surface area (Å²) in [6, 6.07) is 11.7. The van der Waals surface area contributed by atoms with Crippen molar-refractivity contribution in [1.82, 2.24) is 25.3 Å². The molecule has 1 amide bonds. The third-order valence-corrected chi connectivity index (χ3v) is 4.84. The predicted octanol–water partition coefficient (Wildman–Crippen LogP) is 3.18. The summed E-state index contributed by atoms with van der Waals surface area (Å²) in [5, 5.41) is 12.0. The summed E-state index contributed by atoms with van der Waals surface area (Å²) in [7, 11) is 1.63. The van der Waals surface area contributed by atoms with Crippen molar-refractivity contribution in [3.05, 3.63) is 71.4 Å². The molecular weight excluding hydrogens is 373 g/mol. The molecule has 0 fully saturated rings. The zero-order valence-electron chi connectivity index (χ0n) is 16.1. The third-order valence-electron chi connectivity index (χ3n) is 4.84. The molecule has 0 saturated heterocycles. The van der Waals surface area contributed by atoms with Gasteiger partial charge in [0.2, 0.25) is 0 Å². The first-order chi connectivity index (χ1) is 14.1. The summed E-state index contributed by atoms with van der Waals surface area (Å²) in [6.45, 7) is 2.21. The van der Waals surface area contributed by atoms with E-state index in [1.54, 1.807) is 26.2 Å². The Bertz CT molecular complexity index is 1160. The molecule has 2 aromatic carbocycles. The van der Waals surface area contributed by atoms with Crippen LogP contribution in [0, 0.1) is 12.7 Å². The maximum atomic E-state index is 13.1. The van der Waals surface area contributed by atoms with Crippen LogP contribution in [0.2, 0.25) is 0 Å². The molecule has 4 aromatic rings. The lowest BCUT2D eigenvalue weighted by molar-refractivity contribution is 0.0948. The van der Waals surface area contributed by atoms with Gasteiger partial charge in [-0.25, -0.2) is 9.07 Å². The van der Waals surface area contributed by atoms with Crippen molar-refractivity contribution in [2.45, 2.75) is 13.3 Å². The monoisotopic (exact) mass is 393 g/mol. The smallest absolute Gasteiger partial charge is 0.273 e. The largest absolute Gasteiger partial charge is 0.497 e. The van der Waals surface area contributed by atoms with E-state index in [1.165, 1.54) is 16.8 Å². The number of nitrogens with zero attached hydrogens (tertiary/aromatic N) is 3. The molecule has 0 saturated carbocycles. The van der Waals surface area contributed by atoms with E-state index in [4.69, 9.17) is 4.74 Å². The lowest BCUT2D eigenvalue weighted by Crippen LogP contribution is -2.26. The minimum Gasteiger partial charge on any atom is -0.497 e. The molecule has 0 aliphatic heterocycles. The zero-order valence-corrected chi connectivity index (χ0v) is 16.1. The normalized spacial score (nSPS) is 11.0. The predicted molar refractivity (Wildman–Crippen MR) is 107 cm³/mol. The summed E-state index contributed by atoms with van der Waals surface area (Å²) in [5.41, 5.74) is 3.58. The number of carbonyl (C=O) groups excluding carboxylic acids is 1. The van der Waals surface area contributed by atoms with E-state index < -0.39 is 0 Å². The lowest BCUT2D eigenvalue weighted by Gasteiger charge is -2.05. The second-order valence-corrected chi connectivity index (χ2v) is 6.64. The second-order valence-electron chi connectivity index (χ2n) is 6.64. The number of fused-ring (bicyclic) bond motifs is 1. The Morgan fingerprint density at radius 2 is 2.03 bits per heavy atom. The molecule has 0 aliphatic carbocycles. The number of hydrogen-bond donors (Lipinski definition) is 2. The number of aromatic amines is 1. The number of nitrogens with one attached hydrogen (secondary N) is 2. The number of carbonyl (C=O) groups is 1. The Balaban J connectivity index is 1.42. The quantitative estimate of drug-likeness (QED) is 0.527. The van der Waals surface area contributed by atoms with Crippen LogP contribution in [0.5, 0.6) is 5.75 Å². The number of halogens is 1. The molecule has 8 heteroatoms.